The fourth-order valence-corrected chi connectivity index (χ4v) is 3.88. The molecule has 1 fully saturated rings. The molecule has 0 saturated carbocycles. The topological polar surface area (TPSA) is 6.48 Å². The summed E-state index contributed by atoms with van der Waals surface area (Å²) < 4.78 is 0. The van der Waals surface area contributed by atoms with Crippen LogP contribution in [0.4, 0.5) is 0 Å². The van der Waals surface area contributed by atoms with Gasteiger partial charge in [-0.2, -0.15) is 12.8 Å². The Kier molecular flexibility index (Phi) is 19.4. The molecule has 2 unspecified atom stereocenters. The molecule has 3 aliphatic heterocycles. The van der Waals surface area contributed by atoms with Crippen molar-refractivity contribution in [2.45, 2.75) is 51.6 Å². The molecule has 0 aliphatic carbocycles. The van der Waals surface area contributed by atoms with Crippen molar-refractivity contribution >= 4 is 0 Å². The van der Waals surface area contributed by atoms with E-state index in [2.05, 4.69) is 47.9 Å². The number of fused-ring (bicyclic) bond motifs is 2. The summed E-state index contributed by atoms with van der Waals surface area (Å²) in [4.78, 5) is 5.35. The summed E-state index contributed by atoms with van der Waals surface area (Å²) in [5, 5.41) is 0. The van der Waals surface area contributed by atoms with Gasteiger partial charge in [0.15, 0.2) is 0 Å². The number of piperazine rings is 1. The summed E-state index contributed by atoms with van der Waals surface area (Å²) in [7, 11) is 0. The molecule has 4 rings (SSSR count). The molecule has 3 aliphatic rings. The maximum Gasteiger partial charge on any atom is 2.00 e. The summed E-state index contributed by atoms with van der Waals surface area (Å²) in [6.45, 7) is 16.8. The second kappa shape index (κ2) is 16.3. The number of hydrogen-bond acceptors (Lipinski definition) is 2. The van der Waals surface area contributed by atoms with Crippen LogP contribution in [0, 0.1) is 28.7 Å². The number of benzene rings is 1. The molecule has 146 valence electrons. The van der Waals surface area contributed by atoms with Gasteiger partial charge in [-0.3, -0.25) is 9.80 Å². The van der Waals surface area contributed by atoms with Crippen molar-refractivity contribution in [1.82, 2.24) is 9.80 Å². The normalized spacial score (nSPS) is 21.1. The molecule has 2 nitrogen and oxygen atoms in total. The maximum absolute atomic E-state index is 4.05. The van der Waals surface area contributed by atoms with Crippen LogP contribution in [-0.4, -0.2) is 48.1 Å². The average Bonchev–Trinajstić information content (AvgIpc) is 2.52. The summed E-state index contributed by atoms with van der Waals surface area (Å²) >= 11 is 0. The first-order chi connectivity index (χ1) is 10.8. The van der Waals surface area contributed by atoms with Crippen molar-refractivity contribution in [3.63, 3.8) is 0 Å². The van der Waals surface area contributed by atoms with E-state index in [1.165, 1.54) is 25.9 Å². The summed E-state index contributed by atoms with van der Waals surface area (Å²) in [6, 6.07) is 10.3. The van der Waals surface area contributed by atoms with Crippen LogP contribution in [0.1, 0.15) is 37.8 Å². The molecule has 1 aromatic rings. The molecular weight excluding hydrogens is 394 g/mol. The second-order valence-corrected chi connectivity index (χ2v) is 6.18. The summed E-state index contributed by atoms with van der Waals surface area (Å²) in [5.41, 5.74) is 3.12. The Hall–Kier alpha value is 0.309. The minimum absolute atomic E-state index is 0. The van der Waals surface area contributed by atoms with Crippen molar-refractivity contribution in [3.8, 4) is 0 Å². The Morgan fingerprint density at radius 3 is 1.46 bits per heavy atom. The number of hydrogen-bond donors (Lipinski definition) is 0. The Morgan fingerprint density at radius 2 is 1.15 bits per heavy atom. The third-order valence-electron chi connectivity index (χ3n) is 4.84. The molecule has 2 bridgehead atoms. The van der Waals surface area contributed by atoms with Crippen molar-refractivity contribution in [2.24, 2.45) is 0 Å². The van der Waals surface area contributed by atoms with Crippen molar-refractivity contribution < 1.29 is 37.1 Å². The molecule has 3 heterocycles. The molecule has 1 saturated heterocycles. The molecule has 0 aromatic heterocycles. The van der Waals surface area contributed by atoms with Gasteiger partial charge < -0.3 is 28.7 Å². The van der Waals surface area contributed by atoms with E-state index in [9.17, 15) is 0 Å². The SMILES string of the molecule is CC.[CH2-]CCN1CC2Cc3ccccc3CC1CN2CC[CH2-].[CH3-].[CH3-].[V+2].[V+2]. The van der Waals surface area contributed by atoms with Crippen molar-refractivity contribution in [2.75, 3.05) is 26.2 Å². The van der Waals surface area contributed by atoms with Crippen LogP contribution in [0.5, 0.6) is 0 Å². The smallest absolute Gasteiger partial charge is 0.358 e. The molecule has 26 heavy (non-hydrogen) atoms. The molecular formula is C22H38N2V2. The first kappa shape index (κ1) is 31.0. The van der Waals surface area contributed by atoms with Crippen LogP contribution in [0.2, 0.25) is 0 Å². The molecule has 4 heteroatoms. The van der Waals surface area contributed by atoms with Crippen LogP contribution in [-0.2, 0) is 50.0 Å². The molecule has 2 atom stereocenters. The summed E-state index contributed by atoms with van der Waals surface area (Å²) in [5.74, 6) is 0. The van der Waals surface area contributed by atoms with Gasteiger partial charge >= 0.3 is 37.1 Å². The van der Waals surface area contributed by atoms with E-state index in [1.54, 1.807) is 11.1 Å². The molecule has 2 radical (unpaired) electrons. The van der Waals surface area contributed by atoms with Gasteiger partial charge in [0.2, 0.25) is 0 Å². The Labute approximate surface area is 188 Å². The van der Waals surface area contributed by atoms with Crippen LogP contribution in [0.15, 0.2) is 24.3 Å². The van der Waals surface area contributed by atoms with Gasteiger partial charge in [0, 0.05) is 25.2 Å². The standard InChI is InChI=1S/C18H26N2.C2H6.2CH3.2V/c1-3-9-19-13-18-12-16-8-6-5-7-15(16)11-17(19)14-20(18)10-4-2;1-2;;;;/h5-8,17-18H,1-4,9-14H2;1-2H3;2*1H3;;/q-2;;2*-1;2*+2. The molecule has 1 aromatic carbocycles. The maximum atomic E-state index is 4.05. The predicted molar refractivity (Wildman–Crippen MR) is 109 cm³/mol. The first-order valence-electron chi connectivity index (χ1n) is 8.95. The second-order valence-electron chi connectivity index (χ2n) is 6.18. The zero-order valence-electron chi connectivity index (χ0n) is 17.3. The largest absolute Gasteiger partial charge is 2.00 e. The van der Waals surface area contributed by atoms with Gasteiger partial charge in [-0.15, -0.1) is 0 Å². The zero-order valence-corrected chi connectivity index (χ0v) is 20.1. The zero-order chi connectivity index (χ0) is 15.9. The quantitative estimate of drug-likeness (QED) is 0.646. The fraction of sp³-hybridized carbons (Fsp3) is 0.545. The van der Waals surface area contributed by atoms with E-state index < -0.39 is 0 Å². The van der Waals surface area contributed by atoms with Gasteiger partial charge in [0.05, 0.1) is 0 Å². The van der Waals surface area contributed by atoms with Gasteiger partial charge in [-0.25, -0.2) is 0 Å². The third-order valence-corrected chi connectivity index (χ3v) is 4.84. The average molecular weight is 432 g/mol. The van der Waals surface area contributed by atoms with E-state index in [0.717, 1.165) is 25.9 Å². The van der Waals surface area contributed by atoms with E-state index in [0.29, 0.717) is 12.1 Å². The third kappa shape index (κ3) is 7.74. The van der Waals surface area contributed by atoms with E-state index in [-0.39, 0.29) is 52.0 Å². The van der Waals surface area contributed by atoms with Crippen LogP contribution >= 0.6 is 0 Å². The minimum atomic E-state index is 0. The van der Waals surface area contributed by atoms with Gasteiger partial charge in [-0.1, -0.05) is 38.1 Å². The molecule has 0 amide bonds. The van der Waals surface area contributed by atoms with Gasteiger partial charge in [0.1, 0.15) is 0 Å². The van der Waals surface area contributed by atoms with Crippen LogP contribution < -0.4 is 0 Å². The number of rotatable bonds is 4. The monoisotopic (exact) mass is 432 g/mol. The Morgan fingerprint density at radius 1 is 0.808 bits per heavy atom. The minimum Gasteiger partial charge on any atom is -0.358 e. The first-order valence-corrected chi connectivity index (χ1v) is 8.95. The van der Waals surface area contributed by atoms with Crippen molar-refractivity contribution in [3.05, 3.63) is 64.1 Å². The van der Waals surface area contributed by atoms with Crippen LogP contribution in [0.25, 0.3) is 0 Å². The predicted octanol–water partition coefficient (Wildman–Crippen LogP) is 4.51. The summed E-state index contributed by atoms with van der Waals surface area (Å²) in [6.07, 6.45) is 4.41. The fourth-order valence-electron chi connectivity index (χ4n) is 3.88. The molecule has 0 spiro atoms. The Balaban J connectivity index is -0.000000853. The van der Waals surface area contributed by atoms with E-state index in [4.69, 9.17) is 0 Å². The molecule has 0 N–H and O–H groups in total. The van der Waals surface area contributed by atoms with Gasteiger partial charge in [-0.05, 0) is 37.1 Å². The van der Waals surface area contributed by atoms with E-state index in [1.807, 2.05) is 13.8 Å². The Bertz CT molecular complexity index is 413. The van der Waals surface area contributed by atoms with Gasteiger partial charge in [0.25, 0.3) is 0 Å². The van der Waals surface area contributed by atoms with E-state index >= 15 is 0 Å². The van der Waals surface area contributed by atoms with Crippen molar-refractivity contribution in [1.29, 1.82) is 0 Å². The number of nitrogens with zero attached hydrogens (tertiary/aromatic N) is 2. The van der Waals surface area contributed by atoms with Crippen LogP contribution in [0.3, 0.4) is 0 Å².